The van der Waals surface area contributed by atoms with E-state index in [4.69, 9.17) is 14.2 Å². The highest BCUT2D eigenvalue weighted by molar-refractivity contribution is 5.71. The summed E-state index contributed by atoms with van der Waals surface area (Å²) in [6, 6.07) is 0. The van der Waals surface area contributed by atoms with Gasteiger partial charge in [0.15, 0.2) is 6.10 Å². The Labute approximate surface area is 510 Å². The summed E-state index contributed by atoms with van der Waals surface area (Å²) in [7, 11) is 0. The van der Waals surface area contributed by atoms with Gasteiger partial charge in [0.1, 0.15) is 13.2 Å². The van der Waals surface area contributed by atoms with Gasteiger partial charge >= 0.3 is 17.9 Å². The van der Waals surface area contributed by atoms with Crippen molar-refractivity contribution in [2.75, 3.05) is 13.2 Å². The fourth-order valence-electron chi connectivity index (χ4n) is 10.8. The van der Waals surface area contributed by atoms with E-state index in [9.17, 15) is 14.4 Å². The standard InChI is InChI=1S/C76H138O6/c1-4-7-10-13-16-19-22-25-27-29-31-32-33-34-35-36-37-38-39-40-41-42-43-44-45-47-48-51-54-57-60-63-66-69-75(78)81-72-73(71-80-74(77)68-65-62-59-56-53-50-24-21-18-15-12-9-6-3)82-76(79)70-67-64-61-58-55-52-49-46-30-28-26-23-20-17-14-11-8-5-2/h7,10,16,19,21,24-25,27,31-32,73H,4-6,8-9,11-15,17-18,20,22-23,26,28-30,33-72H2,1-3H3/b10-7-,19-16-,24-21-,27-25-,32-31-. The lowest BCUT2D eigenvalue weighted by Crippen LogP contribution is -2.30. The van der Waals surface area contributed by atoms with Crippen LogP contribution < -0.4 is 0 Å². The van der Waals surface area contributed by atoms with Crippen molar-refractivity contribution in [2.24, 2.45) is 0 Å². The zero-order chi connectivity index (χ0) is 59.2. The highest BCUT2D eigenvalue weighted by Gasteiger charge is 2.19. The van der Waals surface area contributed by atoms with Crippen LogP contribution in [0.25, 0.3) is 0 Å². The van der Waals surface area contributed by atoms with E-state index in [-0.39, 0.29) is 31.1 Å². The van der Waals surface area contributed by atoms with Crippen molar-refractivity contribution in [3.8, 4) is 0 Å². The summed E-state index contributed by atoms with van der Waals surface area (Å²) in [5.74, 6) is -0.851. The Morgan fingerprint density at radius 1 is 0.256 bits per heavy atom. The van der Waals surface area contributed by atoms with E-state index in [1.165, 1.54) is 257 Å². The van der Waals surface area contributed by atoms with Crippen LogP contribution in [0.15, 0.2) is 60.8 Å². The quantitative estimate of drug-likeness (QED) is 0.0261. The average Bonchev–Trinajstić information content (AvgIpc) is 3.47. The Balaban J connectivity index is 4.13. The molecule has 0 aliphatic rings. The van der Waals surface area contributed by atoms with E-state index in [0.29, 0.717) is 19.3 Å². The monoisotopic (exact) mass is 1150 g/mol. The molecule has 1 unspecified atom stereocenters. The van der Waals surface area contributed by atoms with Gasteiger partial charge in [0.2, 0.25) is 0 Å². The first-order valence-electron chi connectivity index (χ1n) is 36.3. The van der Waals surface area contributed by atoms with Crippen LogP contribution >= 0.6 is 0 Å². The molecule has 0 aromatic heterocycles. The number of carbonyl (C=O) groups excluding carboxylic acids is 3. The van der Waals surface area contributed by atoms with Gasteiger partial charge in [-0.3, -0.25) is 14.4 Å². The molecule has 0 heterocycles. The van der Waals surface area contributed by atoms with Crippen LogP contribution in [0, 0.1) is 0 Å². The summed E-state index contributed by atoms with van der Waals surface area (Å²) in [6.07, 6.45) is 91.2. The van der Waals surface area contributed by atoms with E-state index in [1.54, 1.807) is 0 Å². The molecular weight excluding hydrogens is 1010 g/mol. The highest BCUT2D eigenvalue weighted by Crippen LogP contribution is 2.19. The number of allylic oxidation sites excluding steroid dienone is 10. The first-order chi connectivity index (χ1) is 40.5. The molecule has 0 aromatic carbocycles. The maximum atomic E-state index is 12.9. The Morgan fingerprint density at radius 2 is 0.476 bits per heavy atom. The lowest BCUT2D eigenvalue weighted by Gasteiger charge is -2.18. The van der Waals surface area contributed by atoms with Gasteiger partial charge in [0.25, 0.3) is 0 Å². The molecule has 478 valence electrons. The van der Waals surface area contributed by atoms with Gasteiger partial charge in [0.05, 0.1) is 0 Å². The van der Waals surface area contributed by atoms with Gasteiger partial charge in [-0.1, -0.05) is 345 Å². The van der Waals surface area contributed by atoms with Crippen molar-refractivity contribution in [1.29, 1.82) is 0 Å². The van der Waals surface area contributed by atoms with Crippen LogP contribution in [0.5, 0.6) is 0 Å². The number of esters is 3. The van der Waals surface area contributed by atoms with E-state index in [0.717, 1.165) is 89.9 Å². The van der Waals surface area contributed by atoms with Crippen LogP contribution in [-0.4, -0.2) is 37.2 Å². The van der Waals surface area contributed by atoms with Crippen LogP contribution in [0.4, 0.5) is 0 Å². The van der Waals surface area contributed by atoms with Crippen molar-refractivity contribution in [3.63, 3.8) is 0 Å². The summed E-state index contributed by atoms with van der Waals surface area (Å²) in [6.45, 7) is 6.57. The maximum Gasteiger partial charge on any atom is 0.306 e. The molecule has 0 aromatic rings. The van der Waals surface area contributed by atoms with Gasteiger partial charge in [-0.05, 0) is 83.5 Å². The van der Waals surface area contributed by atoms with Gasteiger partial charge in [-0.25, -0.2) is 0 Å². The first-order valence-corrected chi connectivity index (χ1v) is 36.3. The molecule has 0 saturated heterocycles. The summed E-state index contributed by atoms with van der Waals surface area (Å²) >= 11 is 0. The third-order valence-electron chi connectivity index (χ3n) is 16.3. The molecule has 82 heavy (non-hydrogen) atoms. The smallest absolute Gasteiger partial charge is 0.306 e. The third kappa shape index (κ3) is 67.9. The lowest BCUT2D eigenvalue weighted by atomic mass is 10.0. The van der Waals surface area contributed by atoms with Crippen LogP contribution in [0.3, 0.4) is 0 Å². The summed E-state index contributed by atoms with van der Waals surface area (Å²) in [5, 5.41) is 0. The minimum absolute atomic E-state index is 0.0700. The van der Waals surface area contributed by atoms with E-state index < -0.39 is 6.10 Å². The van der Waals surface area contributed by atoms with E-state index >= 15 is 0 Å². The zero-order valence-corrected chi connectivity index (χ0v) is 55.0. The summed E-state index contributed by atoms with van der Waals surface area (Å²) in [4.78, 5) is 38.4. The number of hydrogen-bond donors (Lipinski definition) is 0. The highest BCUT2D eigenvalue weighted by atomic mass is 16.6. The fraction of sp³-hybridized carbons (Fsp3) is 0.829. The molecule has 0 saturated carbocycles. The maximum absolute atomic E-state index is 12.9. The lowest BCUT2D eigenvalue weighted by molar-refractivity contribution is -0.167. The normalized spacial score (nSPS) is 12.4. The molecule has 0 amide bonds. The number of carbonyl (C=O) groups is 3. The number of hydrogen-bond acceptors (Lipinski definition) is 6. The van der Waals surface area contributed by atoms with Gasteiger partial charge in [-0.15, -0.1) is 0 Å². The molecule has 6 heteroatoms. The number of unbranched alkanes of at least 4 members (excludes halogenated alkanes) is 46. The van der Waals surface area contributed by atoms with Gasteiger partial charge in [-0.2, -0.15) is 0 Å². The van der Waals surface area contributed by atoms with E-state index in [1.807, 2.05) is 0 Å². The Bertz CT molecular complexity index is 1460. The van der Waals surface area contributed by atoms with Crippen LogP contribution in [-0.2, 0) is 28.6 Å². The van der Waals surface area contributed by atoms with Crippen LogP contribution in [0.2, 0.25) is 0 Å². The third-order valence-corrected chi connectivity index (χ3v) is 16.3. The van der Waals surface area contributed by atoms with E-state index in [2.05, 4.69) is 81.5 Å². The number of rotatable bonds is 67. The predicted octanol–water partition coefficient (Wildman–Crippen LogP) is 25.1. The Hall–Kier alpha value is -2.89. The van der Waals surface area contributed by atoms with Crippen molar-refractivity contribution in [2.45, 2.75) is 393 Å². The minimum atomic E-state index is -0.774. The molecule has 0 bridgehead atoms. The van der Waals surface area contributed by atoms with Crippen molar-refractivity contribution in [3.05, 3.63) is 60.8 Å². The SMILES string of the molecule is CC/C=C\C/C=C\C/C=C\C/C=C\CCCCCCCCCCCCCCCCCCCCCCC(=O)OCC(COC(=O)CCCCCCC/C=C\CCCCCC)OC(=O)CCCCCCCCCCCCCCCCCCCC. The Kier molecular flexibility index (Phi) is 68.1. The molecule has 0 aliphatic heterocycles. The predicted molar refractivity (Wildman–Crippen MR) is 358 cm³/mol. The zero-order valence-electron chi connectivity index (χ0n) is 55.0. The van der Waals surface area contributed by atoms with Gasteiger partial charge in [0, 0.05) is 19.3 Å². The molecule has 0 rings (SSSR count). The number of ether oxygens (including phenoxy) is 3. The van der Waals surface area contributed by atoms with Crippen molar-refractivity contribution >= 4 is 17.9 Å². The first kappa shape index (κ1) is 79.1. The minimum Gasteiger partial charge on any atom is -0.462 e. The Morgan fingerprint density at radius 3 is 0.768 bits per heavy atom. The second-order valence-corrected chi connectivity index (χ2v) is 24.5. The summed E-state index contributed by atoms with van der Waals surface area (Å²) in [5.41, 5.74) is 0. The second-order valence-electron chi connectivity index (χ2n) is 24.5. The molecule has 1 atom stereocenters. The topological polar surface area (TPSA) is 78.9 Å². The fourth-order valence-corrected chi connectivity index (χ4v) is 10.8. The molecule has 0 spiro atoms. The van der Waals surface area contributed by atoms with Crippen molar-refractivity contribution < 1.29 is 28.6 Å². The molecule has 0 aliphatic carbocycles. The second kappa shape index (κ2) is 70.6. The van der Waals surface area contributed by atoms with Crippen LogP contribution in [0.1, 0.15) is 387 Å². The van der Waals surface area contributed by atoms with Crippen molar-refractivity contribution in [1.82, 2.24) is 0 Å². The summed E-state index contributed by atoms with van der Waals surface area (Å²) < 4.78 is 17.0. The van der Waals surface area contributed by atoms with Gasteiger partial charge < -0.3 is 14.2 Å². The molecular formula is C76H138O6. The molecule has 0 fully saturated rings. The average molecular weight is 1150 g/mol. The molecule has 0 N–H and O–H groups in total. The molecule has 0 radical (unpaired) electrons. The molecule has 6 nitrogen and oxygen atoms in total. The largest absolute Gasteiger partial charge is 0.462 e.